The third-order valence-electron chi connectivity index (χ3n) is 2.92. The minimum absolute atomic E-state index is 0.0664. The molecule has 6 heteroatoms. The second kappa shape index (κ2) is 7.59. The monoisotopic (exact) mass is 279 g/mol. The molecule has 0 aliphatic carbocycles. The van der Waals surface area contributed by atoms with Crippen molar-refractivity contribution < 1.29 is 9.72 Å². The molecule has 20 heavy (non-hydrogen) atoms. The number of carbonyl (C=O) groups excluding carboxylic acids is 1. The van der Waals surface area contributed by atoms with Crippen LogP contribution >= 0.6 is 0 Å². The van der Waals surface area contributed by atoms with E-state index in [9.17, 15) is 14.9 Å². The fraction of sp³-hybridized carbons (Fsp3) is 0.500. The van der Waals surface area contributed by atoms with E-state index < -0.39 is 11.0 Å². The first kappa shape index (κ1) is 16.1. The number of amides is 1. The van der Waals surface area contributed by atoms with Gasteiger partial charge in [0.05, 0.1) is 11.0 Å². The maximum Gasteiger partial charge on any atom is 0.269 e. The molecule has 0 fully saturated rings. The maximum absolute atomic E-state index is 11.7. The molecule has 1 aromatic carbocycles. The average molecular weight is 279 g/mol. The van der Waals surface area contributed by atoms with Gasteiger partial charge in [0.15, 0.2) is 0 Å². The van der Waals surface area contributed by atoms with Crippen molar-refractivity contribution in [3.8, 4) is 0 Å². The number of hydrogen-bond acceptors (Lipinski definition) is 4. The third-order valence-corrected chi connectivity index (χ3v) is 2.92. The quantitative estimate of drug-likeness (QED) is 0.585. The summed E-state index contributed by atoms with van der Waals surface area (Å²) in [4.78, 5) is 21.8. The van der Waals surface area contributed by atoms with E-state index in [2.05, 4.69) is 5.32 Å². The van der Waals surface area contributed by atoms with Crippen molar-refractivity contribution in [2.24, 2.45) is 11.7 Å². The second-order valence-electron chi connectivity index (χ2n) is 5.20. The summed E-state index contributed by atoms with van der Waals surface area (Å²) in [6.45, 7) is 4.51. The molecule has 0 aromatic heterocycles. The molecule has 0 heterocycles. The number of rotatable bonds is 7. The lowest BCUT2D eigenvalue weighted by atomic mass is 10.0. The summed E-state index contributed by atoms with van der Waals surface area (Å²) in [6.07, 6.45) is 1.28. The largest absolute Gasteiger partial charge is 0.354 e. The molecule has 0 saturated heterocycles. The zero-order valence-electron chi connectivity index (χ0n) is 11.8. The van der Waals surface area contributed by atoms with Gasteiger partial charge in [0.25, 0.3) is 5.69 Å². The Labute approximate surface area is 118 Å². The van der Waals surface area contributed by atoms with Crippen LogP contribution in [0.5, 0.6) is 0 Å². The number of non-ortho nitro benzene ring substituents is 1. The van der Waals surface area contributed by atoms with Crippen LogP contribution in [0.15, 0.2) is 24.3 Å². The smallest absolute Gasteiger partial charge is 0.269 e. The van der Waals surface area contributed by atoms with E-state index in [1.54, 1.807) is 12.1 Å². The zero-order chi connectivity index (χ0) is 15.1. The van der Waals surface area contributed by atoms with Gasteiger partial charge in [-0.05, 0) is 24.3 Å². The molecule has 1 aromatic rings. The summed E-state index contributed by atoms with van der Waals surface area (Å²) in [5.74, 6) is 0.228. The van der Waals surface area contributed by atoms with Crippen molar-refractivity contribution in [2.45, 2.75) is 32.7 Å². The predicted molar refractivity (Wildman–Crippen MR) is 77.2 cm³/mol. The number of carbonyl (C=O) groups is 1. The van der Waals surface area contributed by atoms with Gasteiger partial charge in [-0.2, -0.15) is 0 Å². The molecule has 0 aliphatic heterocycles. The lowest BCUT2D eigenvalue weighted by Crippen LogP contribution is -2.42. The molecule has 0 unspecified atom stereocenters. The van der Waals surface area contributed by atoms with Crippen LogP contribution in [0.25, 0.3) is 0 Å². The summed E-state index contributed by atoms with van der Waals surface area (Å²) in [7, 11) is 0. The molecule has 0 radical (unpaired) electrons. The van der Waals surface area contributed by atoms with Crippen LogP contribution in [0.2, 0.25) is 0 Å². The van der Waals surface area contributed by atoms with Crippen molar-refractivity contribution in [2.75, 3.05) is 6.54 Å². The average Bonchev–Trinajstić information content (AvgIpc) is 2.38. The van der Waals surface area contributed by atoms with Gasteiger partial charge in [0, 0.05) is 18.7 Å². The van der Waals surface area contributed by atoms with E-state index >= 15 is 0 Å². The van der Waals surface area contributed by atoms with E-state index in [0.29, 0.717) is 25.3 Å². The van der Waals surface area contributed by atoms with Gasteiger partial charge in [-0.1, -0.05) is 26.0 Å². The number of nitro groups is 1. The zero-order valence-corrected chi connectivity index (χ0v) is 11.8. The molecule has 3 N–H and O–H groups in total. The molecular weight excluding hydrogens is 258 g/mol. The molecule has 0 aliphatic rings. The lowest BCUT2D eigenvalue weighted by Gasteiger charge is -2.14. The van der Waals surface area contributed by atoms with Crippen molar-refractivity contribution in [1.82, 2.24) is 5.32 Å². The molecule has 1 atom stereocenters. The van der Waals surface area contributed by atoms with Crippen molar-refractivity contribution in [3.63, 3.8) is 0 Å². The fourth-order valence-electron chi connectivity index (χ4n) is 1.86. The number of nitrogens with two attached hydrogens (primary N) is 1. The highest BCUT2D eigenvalue weighted by molar-refractivity contribution is 5.81. The normalized spacial score (nSPS) is 12.2. The predicted octanol–water partition coefficient (Wildman–Crippen LogP) is 1.63. The molecule has 1 rings (SSSR count). The highest BCUT2D eigenvalue weighted by Gasteiger charge is 2.14. The van der Waals surface area contributed by atoms with Crippen molar-refractivity contribution >= 4 is 11.6 Å². The van der Waals surface area contributed by atoms with Gasteiger partial charge in [-0.15, -0.1) is 0 Å². The maximum atomic E-state index is 11.7. The van der Waals surface area contributed by atoms with Crippen molar-refractivity contribution in [3.05, 3.63) is 39.9 Å². The van der Waals surface area contributed by atoms with Gasteiger partial charge < -0.3 is 11.1 Å². The number of nitrogens with zero attached hydrogens (tertiary/aromatic N) is 1. The van der Waals surface area contributed by atoms with E-state index in [4.69, 9.17) is 5.73 Å². The van der Waals surface area contributed by atoms with E-state index in [0.717, 1.165) is 5.56 Å². The summed E-state index contributed by atoms with van der Waals surface area (Å²) in [6, 6.07) is 5.83. The van der Waals surface area contributed by atoms with E-state index in [1.807, 2.05) is 13.8 Å². The van der Waals surface area contributed by atoms with Gasteiger partial charge in [-0.25, -0.2) is 0 Å². The van der Waals surface area contributed by atoms with Crippen LogP contribution in [0.4, 0.5) is 5.69 Å². The van der Waals surface area contributed by atoms with Crippen molar-refractivity contribution in [1.29, 1.82) is 0 Å². The highest BCUT2D eigenvalue weighted by atomic mass is 16.6. The van der Waals surface area contributed by atoms with Crippen LogP contribution in [0.1, 0.15) is 25.8 Å². The summed E-state index contributed by atoms with van der Waals surface area (Å²) in [5.41, 5.74) is 6.77. The standard InChI is InChI=1S/C14H21N3O3/c1-10(2)9-13(15)14(18)16-8-7-11-3-5-12(6-4-11)17(19)20/h3-6,10,13H,7-9,15H2,1-2H3,(H,16,18)/t13-/m1/s1. The number of nitrogens with one attached hydrogen (secondary N) is 1. The Bertz CT molecular complexity index is 457. The Kier molecular flexibility index (Phi) is 6.11. The molecule has 110 valence electrons. The summed E-state index contributed by atoms with van der Waals surface area (Å²) in [5, 5.41) is 13.3. The van der Waals surface area contributed by atoms with Crippen LogP contribution in [0, 0.1) is 16.0 Å². The first-order valence-corrected chi connectivity index (χ1v) is 6.66. The van der Waals surface area contributed by atoms with Gasteiger partial charge in [0.2, 0.25) is 5.91 Å². The first-order valence-electron chi connectivity index (χ1n) is 6.66. The summed E-state index contributed by atoms with van der Waals surface area (Å²) < 4.78 is 0. The van der Waals surface area contributed by atoms with Crippen LogP contribution in [-0.2, 0) is 11.2 Å². The number of benzene rings is 1. The second-order valence-corrected chi connectivity index (χ2v) is 5.20. The molecular formula is C14H21N3O3. The Morgan fingerprint density at radius 2 is 1.95 bits per heavy atom. The highest BCUT2D eigenvalue weighted by Crippen LogP contribution is 2.12. The van der Waals surface area contributed by atoms with Crippen LogP contribution < -0.4 is 11.1 Å². The van der Waals surface area contributed by atoms with E-state index in [1.165, 1.54) is 12.1 Å². The third kappa shape index (κ3) is 5.36. The fourth-order valence-corrected chi connectivity index (χ4v) is 1.86. The molecule has 6 nitrogen and oxygen atoms in total. The number of nitro benzene ring substituents is 1. The summed E-state index contributed by atoms with van der Waals surface area (Å²) >= 11 is 0. The molecule has 1 amide bonds. The Hall–Kier alpha value is -1.95. The van der Waals surface area contributed by atoms with Gasteiger partial charge in [0.1, 0.15) is 0 Å². The number of hydrogen-bond donors (Lipinski definition) is 2. The Morgan fingerprint density at radius 3 is 2.45 bits per heavy atom. The van der Waals surface area contributed by atoms with Gasteiger partial charge in [-0.3, -0.25) is 14.9 Å². The minimum Gasteiger partial charge on any atom is -0.354 e. The lowest BCUT2D eigenvalue weighted by molar-refractivity contribution is -0.384. The SMILES string of the molecule is CC(C)C[C@@H](N)C(=O)NCCc1ccc([N+](=O)[O-])cc1. The minimum atomic E-state index is -0.480. The first-order chi connectivity index (χ1) is 9.40. The van der Waals surface area contributed by atoms with E-state index in [-0.39, 0.29) is 11.6 Å². The molecule has 0 spiro atoms. The Balaban J connectivity index is 2.37. The Morgan fingerprint density at radius 1 is 1.35 bits per heavy atom. The van der Waals surface area contributed by atoms with Crippen LogP contribution in [0.3, 0.4) is 0 Å². The topological polar surface area (TPSA) is 98.3 Å². The van der Waals surface area contributed by atoms with Gasteiger partial charge >= 0.3 is 0 Å². The van der Waals surface area contributed by atoms with Crippen LogP contribution in [-0.4, -0.2) is 23.4 Å². The molecule has 0 saturated carbocycles. The molecule has 0 bridgehead atoms.